The van der Waals surface area contributed by atoms with Gasteiger partial charge in [0.25, 0.3) is 0 Å². The van der Waals surface area contributed by atoms with Crippen LogP contribution < -0.4 is 5.32 Å². The van der Waals surface area contributed by atoms with Crippen molar-refractivity contribution in [1.82, 2.24) is 4.90 Å². The maximum atomic E-state index is 3.61. The SMILES string of the molecule is C(=C\c1ccccc1)/CCNc1ccccc1CN1CCSCC1. The fraction of sp³-hybridized carbons (Fsp3) is 0.333. The summed E-state index contributed by atoms with van der Waals surface area (Å²) in [4.78, 5) is 2.56. The molecule has 0 radical (unpaired) electrons. The number of nitrogens with zero attached hydrogens (tertiary/aromatic N) is 1. The predicted molar refractivity (Wildman–Crippen MR) is 108 cm³/mol. The first-order valence-corrected chi connectivity index (χ1v) is 9.91. The van der Waals surface area contributed by atoms with E-state index in [1.165, 1.54) is 41.4 Å². The lowest BCUT2D eigenvalue weighted by Crippen LogP contribution is -2.32. The van der Waals surface area contributed by atoms with Gasteiger partial charge in [0, 0.05) is 43.4 Å². The zero-order chi connectivity index (χ0) is 16.5. The van der Waals surface area contributed by atoms with Gasteiger partial charge in [-0.1, -0.05) is 60.7 Å². The third-order valence-corrected chi connectivity index (χ3v) is 5.19. The molecule has 0 saturated carbocycles. The lowest BCUT2D eigenvalue weighted by atomic mass is 10.1. The third kappa shape index (κ3) is 5.43. The molecule has 0 aromatic heterocycles. The Balaban J connectivity index is 1.49. The predicted octanol–water partition coefficient (Wildman–Crippen LogP) is 4.75. The summed E-state index contributed by atoms with van der Waals surface area (Å²) in [5.74, 6) is 2.53. The number of thioether (sulfide) groups is 1. The summed E-state index contributed by atoms with van der Waals surface area (Å²) < 4.78 is 0. The highest BCUT2D eigenvalue weighted by Gasteiger charge is 2.12. The van der Waals surface area contributed by atoms with E-state index in [1.54, 1.807) is 0 Å². The maximum Gasteiger partial charge on any atom is 0.0385 e. The smallest absolute Gasteiger partial charge is 0.0385 e. The summed E-state index contributed by atoms with van der Waals surface area (Å²) >= 11 is 2.07. The lowest BCUT2D eigenvalue weighted by Gasteiger charge is -2.27. The average molecular weight is 339 g/mol. The second kappa shape index (κ2) is 9.55. The quantitative estimate of drug-likeness (QED) is 0.733. The summed E-state index contributed by atoms with van der Waals surface area (Å²) in [7, 11) is 0. The average Bonchev–Trinajstić information content (AvgIpc) is 2.64. The molecule has 0 spiro atoms. The minimum Gasteiger partial charge on any atom is -0.384 e. The molecule has 2 nitrogen and oxygen atoms in total. The molecule has 0 aliphatic carbocycles. The van der Waals surface area contributed by atoms with Gasteiger partial charge in [-0.15, -0.1) is 0 Å². The Morgan fingerprint density at radius 1 is 0.958 bits per heavy atom. The van der Waals surface area contributed by atoms with Gasteiger partial charge in [0.15, 0.2) is 0 Å². The Morgan fingerprint density at radius 3 is 2.54 bits per heavy atom. The lowest BCUT2D eigenvalue weighted by molar-refractivity contribution is 0.295. The Labute approximate surface area is 150 Å². The molecule has 1 saturated heterocycles. The van der Waals surface area contributed by atoms with Crippen molar-refractivity contribution < 1.29 is 0 Å². The van der Waals surface area contributed by atoms with Crippen molar-refractivity contribution in [3.8, 4) is 0 Å². The molecule has 0 bridgehead atoms. The van der Waals surface area contributed by atoms with Gasteiger partial charge in [0.05, 0.1) is 0 Å². The number of nitrogens with one attached hydrogen (secondary N) is 1. The molecular weight excluding hydrogens is 312 g/mol. The van der Waals surface area contributed by atoms with E-state index < -0.39 is 0 Å². The highest BCUT2D eigenvalue weighted by molar-refractivity contribution is 7.99. The van der Waals surface area contributed by atoms with Gasteiger partial charge in [-0.2, -0.15) is 11.8 Å². The standard InChI is InChI=1S/C21H26N2S/c1-2-8-19(9-3-1)10-6-7-13-22-21-12-5-4-11-20(21)18-23-14-16-24-17-15-23/h1-6,8-12,22H,7,13-18H2/b10-6+. The molecule has 2 aromatic carbocycles. The van der Waals surface area contributed by atoms with E-state index >= 15 is 0 Å². The molecule has 1 heterocycles. The number of anilines is 1. The summed E-state index contributed by atoms with van der Waals surface area (Å²) in [6.07, 6.45) is 5.47. The van der Waals surface area contributed by atoms with Crippen LogP contribution in [0.15, 0.2) is 60.7 Å². The van der Waals surface area contributed by atoms with Gasteiger partial charge >= 0.3 is 0 Å². The second-order valence-electron chi connectivity index (χ2n) is 6.07. The molecule has 24 heavy (non-hydrogen) atoms. The minimum atomic E-state index is 0.968. The van der Waals surface area contributed by atoms with Gasteiger partial charge < -0.3 is 5.32 Å². The molecule has 0 atom stereocenters. The Hall–Kier alpha value is -1.71. The Bertz CT molecular complexity index is 633. The van der Waals surface area contributed by atoms with Crippen molar-refractivity contribution in [3.05, 3.63) is 71.8 Å². The van der Waals surface area contributed by atoms with Crippen LogP contribution in [0.1, 0.15) is 17.5 Å². The van der Waals surface area contributed by atoms with Crippen LogP contribution in [0.5, 0.6) is 0 Å². The van der Waals surface area contributed by atoms with Crippen LogP contribution in [0.4, 0.5) is 5.69 Å². The molecular formula is C21H26N2S. The molecule has 1 N–H and O–H groups in total. The minimum absolute atomic E-state index is 0.968. The fourth-order valence-electron chi connectivity index (χ4n) is 2.90. The van der Waals surface area contributed by atoms with Gasteiger partial charge in [-0.3, -0.25) is 4.90 Å². The number of benzene rings is 2. The molecule has 2 aromatic rings. The first-order chi connectivity index (χ1) is 11.9. The summed E-state index contributed by atoms with van der Waals surface area (Å²) in [5, 5.41) is 3.61. The first kappa shape index (κ1) is 17.1. The highest BCUT2D eigenvalue weighted by Crippen LogP contribution is 2.19. The van der Waals surface area contributed by atoms with E-state index in [4.69, 9.17) is 0 Å². The van der Waals surface area contributed by atoms with Crippen molar-refractivity contribution in [2.75, 3.05) is 36.5 Å². The van der Waals surface area contributed by atoms with Crippen molar-refractivity contribution in [1.29, 1.82) is 0 Å². The van der Waals surface area contributed by atoms with Crippen LogP contribution in [0.2, 0.25) is 0 Å². The van der Waals surface area contributed by atoms with Crippen molar-refractivity contribution in [2.24, 2.45) is 0 Å². The van der Waals surface area contributed by atoms with E-state index in [-0.39, 0.29) is 0 Å². The zero-order valence-electron chi connectivity index (χ0n) is 14.2. The number of para-hydroxylation sites is 1. The largest absolute Gasteiger partial charge is 0.384 e. The van der Waals surface area contributed by atoms with Gasteiger partial charge in [0.1, 0.15) is 0 Å². The van der Waals surface area contributed by atoms with E-state index in [0.29, 0.717) is 0 Å². The van der Waals surface area contributed by atoms with E-state index in [2.05, 4.69) is 88.7 Å². The van der Waals surface area contributed by atoms with Crippen LogP contribution >= 0.6 is 11.8 Å². The van der Waals surface area contributed by atoms with Crippen LogP contribution in [0, 0.1) is 0 Å². The molecule has 1 aliphatic rings. The summed E-state index contributed by atoms with van der Waals surface area (Å²) in [5.41, 5.74) is 3.96. The van der Waals surface area contributed by atoms with Crippen LogP contribution in [0.25, 0.3) is 6.08 Å². The second-order valence-corrected chi connectivity index (χ2v) is 7.30. The normalized spacial score (nSPS) is 15.7. The van der Waals surface area contributed by atoms with Crippen molar-refractivity contribution in [2.45, 2.75) is 13.0 Å². The zero-order valence-corrected chi connectivity index (χ0v) is 15.0. The van der Waals surface area contributed by atoms with Gasteiger partial charge in [-0.25, -0.2) is 0 Å². The molecule has 0 unspecified atom stereocenters. The van der Waals surface area contributed by atoms with E-state index in [9.17, 15) is 0 Å². The van der Waals surface area contributed by atoms with E-state index in [0.717, 1.165) is 19.5 Å². The number of hydrogen-bond donors (Lipinski definition) is 1. The first-order valence-electron chi connectivity index (χ1n) is 8.75. The van der Waals surface area contributed by atoms with E-state index in [1.807, 2.05) is 0 Å². The van der Waals surface area contributed by atoms with Gasteiger partial charge in [0.2, 0.25) is 0 Å². The van der Waals surface area contributed by atoms with Gasteiger partial charge in [-0.05, 0) is 23.6 Å². The molecule has 1 aliphatic heterocycles. The number of rotatable bonds is 7. The number of hydrogen-bond acceptors (Lipinski definition) is 3. The monoisotopic (exact) mass is 338 g/mol. The summed E-state index contributed by atoms with van der Waals surface area (Å²) in [6, 6.07) is 19.2. The Morgan fingerprint density at radius 2 is 1.71 bits per heavy atom. The van der Waals surface area contributed by atoms with Crippen molar-refractivity contribution in [3.63, 3.8) is 0 Å². The van der Waals surface area contributed by atoms with Crippen molar-refractivity contribution >= 4 is 23.5 Å². The highest BCUT2D eigenvalue weighted by atomic mass is 32.2. The molecule has 1 fully saturated rings. The molecule has 0 amide bonds. The maximum absolute atomic E-state index is 3.61. The third-order valence-electron chi connectivity index (χ3n) is 4.25. The van der Waals surface area contributed by atoms with Crippen LogP contribution in [0.3, 0.4) is 0 Å². The fourth-order valence-corrected chi connectivity index (χ4v) is 3.88. The molecule has 3 heteroatoms. The summed E-state index contributed by atoms with van der Waals surface area (Å²) in [6.45, 7) is 4.44. The Kier molecular flexibility index (Phi) is 6.82. The van der Waals surface area contributed by atoms with Crippen LogP contribution in [-0.4, -0.2) is 36.0 Å². The topological polar surface area (TPSA) is 15.3 Å². The van der Waals surface area contributed by atoms with Crippen LogP contribution in [-0.2, 0) is 6.54 Å². The molecule has 126 valence electrons. The molecule has 3 rings (SSSR count).